The van der Waals surface area contributed by atoms with Crippen molar-refractivity contribution in [3.05, 3.63) is 89.3 Å². The van der Waals surface area contributed by atoms with E-state index in [-0.39, 0.29) is 5.78 Å². The molecule has 1 atom stereocenters. The van der Waals surface area contributed by atoms with Crippen molar-refractivity contribution < 1.29 is 4.79 Å². The maximum atomic E-state index is 12.9. The van der Waals surface area contributed by atoms with Crippen molar-refractivity contribution >= 4 is 23.2 Å². The van der Waals surface area contributed by atoms with Crippen LogP contribution in [0.5, 0.6) is 0 Å². The van der Waals surface area contributed by atoms with Crippen LogP contribution in [0, 0.1) is 0 Å². The first kappa shape index (κ1) is 15.2. The van der Waals surface area contributed by atoms with Crippen LogP contribution < -0.4 is 5.32 Å². The molecule has 5 heteroatoms. The summed E-state index contributed by atoms with van der Waals surface area (Å²) in [5.41, 5.74) is 1.35. The number of hydrogen-bond acceptors (Lipinski definition) is 4. The summed E-state index contributed by atoms with van der Waals surface area (Å²) in [6, 6.07) is 15.4. The number of carbonyl (C=O) groups excluding carboxylic acids is 1. The quantitative estimate of drug-likeness (QED) is 0.716. The third kappa shape index (κ3) is 3.73. The largest absolute Gasteiger partial charge is 0.356 e. The smallest absolute Gasteiger partial charge is 0.189 e. The minimum atomic E-state index is -0.570. The number of aromatic nitrogens is 2. The van der Waals surface area contributed by atoms with Gasteiger partial charge in [-0.2, -0.15) is 0 Å². The van der Waals surface area contributed by atoms with Gasteiger partial charge in [0.2, 0.25) is 0 Å². The van der Waals surface area contributed by atoms with Gasteiger partial charge in [-0.1, -0.05) is 23.7 Å². The second-order valence-electron chi connectivity index (χ2n) is 4.95. The fourth-order valence-electron chi connectivity index (χ4n) is 2.22. The number of pyridine rings is 2. The lowest BCUT2D eigenvalue weighted by molar-refractivity contribution is 0.0969. The Bertz CT molecular complexity index is 776. The van der Waals surface area contributed by atoms with E-state index in [1.165, 1.54) is 0 Å². The van der Waals surface area contributed by atoms with E-state index in [2.05, 4.69) is 15.3 Å². The minimum absolute atomic E-state index is 0.0691. The topological polar surface area (TPSA) is 54.9 Å². The second-order valence-corrected chi connectivity index (χ2v) is 5.39. The molecule has 0 aliphatic carbocycles. The fourth-order valence-corrected chi connectivity index (χ4v) is 2.35. The molecule has 3 aromatic rings. The van der Waals surface area contributed by atoms with E-state index >= 15 is 0 Å². The number of nitrogens with one attached hydrogen (secondary N) is 1. The summed E-state index contributed by atoms with van der Waals surface area (Å²) in [5, 5.41) is 3.77. The number of nitrogens with zero attached hydrogens (tertiary/aromatic N) is 2. The molecule has 0 bridgehead atoms. The third-order valence-corrected chi connectivity index (χ3v) is 3.62. The SMILES string of the molecule is O=C(c1ccc(Cl)cc1)C(Nc1ccccn1)c1cccnc1. The molecule has 0 amide bonds. The van der Waals surface area contributed by atoms with Crippen LogP contribution in [0.1, 0.15) is 22.0 Å². The lowest BCUT2D eigenvalue weighted by Gasteiger charge is -2.18. The van der Waals surface area contributed by atoms with Crippen molar-refractivity contribution in [2.24, 2.45) is 0 Å². The predicted molar refractivity (Wildman–Crippen MR) is 90.6 cm³/mol. The molecule has 0 fully saturated rings. The molecule has 0 radical (unpaired) electrons. The molecule has 23 heavy (non-hydrogen) atoms. The first-order chi connectivity index (χ1) is 11.2. The van der Waals surface area contributed by atoms with Crippen LogP contribution in [0.4, 0.5) is 5.82 Å². The van der Waals surface area contributed by atoms with Gasteiger partial charge in [0.25, 0.3) is 0 Å². The standard InChI is InChI=1S/C18H14ClN3O/c19-15-8-6-13(7-9-15)18(23)17(14-4-3-10-20-12-14)22-16-5-1-2-11-21-16/h1-12,17H,(H,21,22). The van der Waals surface area contributed by atoms with Crippen molar-refractivity contribution in [2.45, 2.75) is 6.04 Å². The number of anilines is 1. The van der Waals surface area contributed by atoms with Gasteiger partial charge >= 0.3 is 0 Å². The van der Waals surface area contributed by atoms with Crippen molar-refractivity contribution in [3.8, 4) is 0 Å². The van der Waals surface area contributed by atoms with Crippen molar-refractivity contribution in [1.82, 2.24) is 9.97 Å². The number of ketones is 1. The summed E-state index contributed by atoms with van der Waals surface area (Å²) < 4.78 is 0. The van der Waals surface area contributed by atoms with E-state index in [1.807, 2.05) is 24.3 Å². The van der Waals surface area contributed by atoms with Gasteiger partial charge in [0.05, 0.1) is 0 Å². The van der Waals surface area contributed by atoms with E-state index < -0.39 is 6.04 Å². The molecule has 0 saturated carbocycles. The van der Waals surface area contributed by atoms with E-state index in [0.29, 0.717) is 16.4 Å². The zero-order valence-corrected chi connectivity index (χ0v) is 12.9. The molecule has 0 aliphatic rings. The molecule has 1 N–H and O–H groups in total. The Morgan fingerprint density at radius 3 is 2.48 bits per heavy atom. The van der Waals surface area contributed by atoms with Gasteiger partial charge in [-0.15, -0.1) is 0 Å². The zero-order chi connectivity index (χ0) is 16.1. The van der Waals surface area contributed by atoms with E-state index in [4.69, 9.17) is 11.6 Å². The highest BCUT2D eigenvalue weighted by Crippen LogP contribution is 2.23. The van der Waals surface area contributed by atoms with E-state index in [9.17, 15) is 4.79 Å². The first-order valence-corrected chi connectivity index (χ1v) is 7.49. The number of halogens is 1. The van der Waals surface area contributed by atoms with Gasteiger partial charge in [0.1, 0.15) is 11.9 Å². The van der Waals surface area contributed by atoms with Gasteiger partial charge in [-0.25, -0.2) is 4.98 Å². The highest BCUT2D eigenvalue weighted by atomic mass is 35.5. The molecule has 1 aromatic carbocycles. The maximum absolute atomic E-state index is 12.9. The highest BCUT2D eigenvalue weighted by molar-refractivity contribution is 6.30. The third-order valence-electron chi connectivity index (χ3n) is 3.37. The van der Waals surface area contributed by atoms with Gasteiger partial charge in [0, 0.05) is 34.7 Å². The summed E-state index contributed by atoms with van der Waals surface area (Å²) in [4.78, 5) is 21.2. The lowest BCUT2D eigenvalue weighted by atomic mass is 9.98. The van der Waals surface area contributed by atoms with E-state index in [0.717, 1.165) is 5.56 Å². The highest BCUT2D eigenvalue weighted by Gasteiger charge is 2.22. The molecule has 1 unspecified atom stereocenters. The molecule has 2 heterocycles. The monoisotopic (exact) mass is 323 g/mol. The van der Waals surface area contributed by atoms with Crippen molar-refractivity contribution in [3.63, 3.8) is 0 Å². The average molecular weight is 324 g/mol. The summed E-state index contributed by atoms with van der Waals surface area (Å²) in [7, 11) is 0. The summed E-state index contributed by atoms with van der Waals surface area (Å²) in [5.74, 6) is 0.559. The van der Waals surface area contributed by atoms with Gasteiger partial charge in [-0.05, 0) is 42.5 Å². The van der Waals surface area contributed by atoms with Crippen LogP contribution in [-0.4, -0.2) is 15.8 Å². The Morgan fingerprint density at radius 2 is 1.83 bits per heavy atom. The lowest BCUT2D eigenvalue weighted by Crippen LogP contribution is -2.22. The Hall–Kier alpha value is -2.72. The van der Waals surface area contributed by atoms with Gasteiger partial charge in [-0.3, -0.25) is 9.78 Å². The molecule has 0 saturated heterocycles. The maximum Gasteiger partial charge on any atom is 0.189 e. The molecular weight excluding hydrogens is 310 g/mol. The van der Waals surface area contributed by atoms with Crippen LogP contribution in [0.3, 0.4) is 0 Å². The van der Waals surface area contributed by atoms with Crippen molar-refractivity contribution in [1.29, 1.82) is 0 Å². The minimum Gasteiger partial charge on any atom is -0.356 e. The van der Waals surface area contributed by atoms with Crippen molar-refractivity contribution in [2.75, 3.05) is 5.32 Å². The summed E-state index contributed by atoms with van der Waals surface area (Å²) in [6.45, 7) is 0. The zero-order valence-electron chi connectivity index (χ0n) is 12.2. The average Bonchev–Trinajstić information content (AvgIpc) is 2.61. The number of hydrogen-bond donors (Lipinski definition) is 1. The van der Waals surface area contributed by atoms with E-state index in [1.54, 1.807) is 48.9 Å². The van der Waals surface area contributed by atoms with Crippen LogP contribution in [0.2, 0.25) is 5.02 Å². The molecule has 2 aromatic heterocycles. The molecule has 3 rings (SSSR count). The van der Waals surface area contributed by atoms with Gasteiger partial charge < -0.3 is 5.32 Å². The van der Waals surface area contributed by atoms with Gasteiger partial charge in [0.15, 0.2) is 5.78 Å². The summed E-state index contributed by atoms with van der Waals surface area (Å²) >= 11 is 5.90. The predicted octanol–water partition coefficient (Wildman–Crippen LogP) is 4.17. The second kappa shape index (κ2) is 7.03. The molecule has 114 valence electrons. The Kier molecular flexibility index (Phi) is 4.64. The normalized spacial score (nSPS) is 11.7. The molecule has 0 aliphatic heterocycles. The molecule has 0 spiro atoms. The first-order valence-electron chi connectivity index (χ1n) is 7.11. The summed E-state index contributed by atoms with van der Waals surface area (Å²) in [6.07, 6.45) is 5.03. The fraction of sp³-hybridized carbons (Fsp3) is 0.0556. The van der Waals surface area contributed by atoms with Crippen LogP contribution in [0.25, 0.3) is 0 Å². The Morgan fingerprint density at radius 1 is 1.00 bits per heavy atom. The number of benzene rings is 1. The van der Waals surface area contributed by atoms with Crippen LogP contribution >= 0.6 is 11.6 Å². The van der Waals surface area contributed by atoms with Crippen LogP contribution in [0.15, 0.2) is 73.2 Å². The Labute approximate surface area is 139 Å². The van der Waals surface area contributed by atoms with Crippen LogP contribution in [-0.2, 0) is 0 Å². The number of Topliss-reactive ketones (excluding diaryl/α,β-unsaturated/α-hetero) is 1. The Balaban J connectivity index is 1.94. The number of rotatable bonds is 5. The number of carbonyl (C=O) groups is 1. The molecule has 4 nitrogen and oxygen atoms in total. The molecular formula is C18H14ClN3O.